The van der Waals surface area contributed by atoms with E-state index in [-0.39, 0.29) is 28.4 Å². The second-order valence-electron chi connectivity index (χ2n) is 5.57. The van der Waals surface area contributed by atoms with Gasteiger partial charge < -0.3 is 10.6 Å². The van der Waals surface area contributed by atoms with Crippen molar-refractivity contribution >= 4 is 29.7 Å². The molecular weight excluding hydrogens is 301 g/mol. The van der Waals surface area contributed by atoms with E-state index < -0.39 is 0 Å². The van der Waals surface area contributed by atoms with E-state index in [1.165, 1.54) is 12.1 Å². The van der Waals surface area contributed by atoms with Crippen molar-refractivity contribution in [3.05, 3.63) is 38.9 Å². The predicted octanol–water partition coefficient (Wildman–Crippen LogP) is 3.09. The van der Waals surface area contributed by atoms with Crippen LogP contribution in [0.25, 0.3) is 0 Å². The van der Waals surface area contributed by atoms with Crippen molar-refractivity contribution in [2.75, 3.05) is 20.1 Å². The smallest absolute Gasteiger partial charge is 0.273 e. The van der Waals surface area contributed by atoms with Crippen molar-refractivity contribution in [1.82, 2.24) is 4.90 Å². The van der Waals surface area contributed by atoms with E-state index in [1.54, 1.807) is 6.07 Å². The minimum Gasteiger partial charge on any atom is -0.330 e. The van der Waals surface area contributed by atoms with Gasteiger partial charge in [-0.2, -0.15) is 0 Å². The zero-order chi connectivity index (χ0) is 14.6. The van der Waals surface area contributed by atoms with Crippen LogP contribution in [0.5, 0.6) is 0 Å². The normalized spacial score (nSPS) is 11.3. The molecule has 0 bridgehead atoms. The summed E-state index contributed by atoms with van der Waals surface area (Å²) in [5.41, 5.74) is 6.39. The van der Waals surface area contributed by atoms with Gasteiger partial charge in [0.15, 0.2) is 0 Å². The highest BCUT2D eigenvalue weighted by Gasteiger charge is 2.21. The summed E-state index contributed by atoms with van der Waals surface area (Å²) in [4.78, 5) is 12.6. The Labute approximate surface area is 130 Å². The molecule has 2 N–H and O–H groups in total. The van der Waals surface area contributed by atoms with Gasteiger partial charge in [-0.25, -0.2) is 0 Å². The topological polar surface area (TPSA) is 72.4 Å². The molecule has 114 valence electrons. The molecule has 1 rings (SSSR count). The largest absolute Gasteiger partial charge is 0.330 e. The van der Waals surface area contributed by atoms with E-state index in [4.69, 9.17) is 17.3 Å². The first-order valence-electron chi connectivity index (χ1n) is 6.06. The number of nitrogens with two attached hydrogens (primary N) is 1. The van der Waals surface area contributed by atoms with Crippen LogP contribution in [0.4, 0.5) is 5.69 Å². The Hall–Kier alpha value is -0.880. The van der Waals surface area contributed by atoms with Crippen LogP contribution in [0.3, 0.4) is 0 Å². The molecule has 0 spiro atoms. The Kier molecular flexibility index (Phi) is 7.44. The quantitative estimate of drug-likeness (QED) is 0.645. The van der Waals surface area contributed by atoms with Gasteiger partial charge in [-0.05, 0) is 31.1 Å². The van der Waals surface area contributed by atoms with Crippen LogP contribution in [-0.4, -0.2) is 30.0 Å². The van der Waals surface area contributed by atoms with Crippen LogP contribution in [0.15, 0.2) is 18.2 Å². The van der Waals surface area contributed by atoms with Gasteiger partial charge in [0.2, 0.25) is 0 Å². The molecule has 0 aliphatic carbocycles. The lowest BCUT2D eigenvalue weighted by Gasteiger charge is -2.28. The van der Waals surface area contributed by atoms with E-state index >= 15 is 0 Å². The lowest BCUT2D eigenvalue weighted by atomic mass is 9.93. The number of halogens is 2. The third-order valence-electron chi connectivity index (χ3n) is 2.93. The predicted molar refractivity (Wildman–Crippen MR) is 84.5 cm³/mol. The molecule has 0 amide bonds. The van der Waals surface area contributed by atoms with Gasteiger partial charge in [-0.3, -0.25) is 10.1 Å². The molecule has 0 saturated carbocycles. The first-order chi connectivity index (χ1) is 8.75. The molecule has 0 fully saturated rings. The zero-order valence-corrected chi connectivity index (χ0v) is 13.5. The molecule has 0 aromatic heterocycles. The average molecular weight is 322 g/mol. The van der Waals surface area contributed by atoms with Gasteiger partial charge in [0, 0.05) is 29.7 Å². The molecule has 5 nitrogen and oxygen atoms in total. The van der Waals surface area contributed by atoms with Crippen molar-refractivity contribution in [3.8, 4) is 0 Å². The molecule has 1 aromatic rings. The summed E-state index contributed by atoms with van der Waals surface area (Å²) in [6, 6.07) is 4.62. The molecule has 0 aliphatic heterocycles. The Morgan fingerprint density at radius 3 is 2.55 bits per heavy atom. The highest BCUT2D eigenvalue weighted by atomic mass is 35.5. The standard InChI is InChI=1S/C13H20ClN3O2.ClH/c1-13(2,8-15)9-16(3)7-10-6-11(14)4-5-12(10)17(18)19;/h4-6H,7-9,15H2,1-3H3;1H. The summed E-state index contributed by atoms with van der Waals surface area (Å²) in [5.74, 6) is 0. The van der Waals surface area contributed by atoms with E-state index in [2.05, 4.69) is 13.8 Å². The maximum atomic E-state index is 11.0. The van der Waals surface area contributed by atoms with Crippen LogP contribution in [-0.2, 0) is 6.54 Å². The van der Waals surface area contributed by atoms with E-state index in [0.29, 0.717) is 23.7 Å². The first kappa shape index (κ1) is 19.1. The minimum absolute atomic E-state index is 0. The van der Waals surface area contributed by atoms with Crippen molar-refractivity contribution in [3.63, 3.8) is 0 Å². The van der Waals surface area contributed by atoms with E-state index in [1.807, 2.05) is 11.9 Å². The molecule has 0 radical (unpaired) electrons. The molecule has 0 unspecified atom stereocenters. The van der Waals surface area contributed by atoms with Gasteiger partial charge >= 0.3 is 0 Å². The maximum Gasteiger partial charge on any atom is 0.273 e. The average Bonchev–Trinajstić information content (AvgIpc) is 2.27. The van der Waals surface area contributed by atoms with Gasteiger partial charge in [0.1, 0.15) is 0 Å². The van der Waals surface area contributed by atoms with Crippen LogP contribution in [0.1, 0.15) is 19.4 Å². The fourth-order valence-corrected chi connectivity index (χ4v) is 2.20. The number of benzene rings is 1. The summed E-state index contributed by atoms with van der Waals surface area (Å²) in [6.45, 7) is 5.92. The zero-order valence-electron chi connectivity index (χ0n) is 11.9. The fraction of sp³-hybridized carbons (Fsp3) is 0.538. The summed E-state index contributed by atoms with van der Waals surface area (Å²) in [5, 5.41) is 11.5. The second-order valence-corrected chi connectivity index (χ2v) is 6.01. The molecular formula is C13H21Cl2N3O2. The van der Waals surface area contributed by atoms with Crippen molar-refractivity contribution in [1.29, 1.82) is 0 Å². The maximum absolute atomic E-state index is 11.0. The van der Waals surface area contributed by atoms with Crippen molar-refractivity contribution in [2.45, 2.75) is 20.4 Å². The van der Waals surface area contributed by atoms with Crippen LogP contribution in [0.2, 0.25) is 5.02 Å². The van der Waals surface area contributed by atoms with Crippen molar-refractivity contribution in [2.24, 2.45) is 11.1 Å². The highest BCUT2D eigenvalue weighted by Crippen LogP contribution is 2.25. The SMILES string of the molecule is CN(Cc1cc(Cl)ccc1[N+](=O)[O-])CC(C)(C)CN.Cl. The lowest BCUT2D eigenvalue weighted by molar-refractivity contribution is -0.385. The number of nitro groups is 1. The van der Waals surface area contributed by atoms with Gasteiger partial charge in [-0.15, -0.1) is 12.4 Å². The van der Waals surface area contributed by atoms with Gasteiger partial charge in [0.05, 0.1) is 4.92 Å². The third kappa shape index (κ3) is 5.63. The van der Waals surface area contributed by atoms with Crippen LogP contribution < -0.4 is 5.73 Å². The monoisotopic (exact) mass is 321 g/mol. The van der Waals surface area contributed by atoms with Crippen LogP contribution >= 0.6 is 24.0 Å². The molecule has 7 heteroatoms. The van der Waals surface area contributed by atoms with Crippen LogP contribution in [0, 0.1) is 15.5 Å². The number of hydrogen-bond acceptors (Lipinski definition) is 4. The second kappa shape index (κ2) is 7.78. The summed E-state index contributed by atoms with van der Waals surface area (Å²) >= 11 is 5.90. The van der Waals surface area contributed by atoms with E-state index in [0.717, 1.165) is 6.54 Å². The molecule has 0 aliphatic rings. The highest BCUT2D eigenvalue weighted by molar-refractivity contribution is 6.30. The lowest BCUT2D eigenvalue weighted by Crippen LogP contribution is -2.36. The summed E-state index contributed by atoms with van der Waals surface area (Å²) < 4.78 is 0. The molecule has 0 saturated heterocycles. The number of nitrogens with zero attached hydrogens (tertiary/aromatic N) is 2. The molecule has 0 atom stereocenters. The summed E-state index contributed by atoms with van der Waals surface area (Å²) in [7, 11) is 1.92. The van der Waals surface area contributed by atoms with Gasteiger partial charge in [-0.1, -0.05) is 25.4 Å². The number of hydrogen-bond donors (Lipinski definition) is 1. The summed E-state index contributed by atoms with van der Waals surface area (Å²) in [6.07, 6.45) is 0. The number of rotatable bonds is 6. The third-order valence-corrected chi connectivity index (χ3v) is 3.16. The Morgan fingerprint density at radius 2 is 2.05 bits per heavy atom. The minimum atomic E-state index is -0.381. The number of nitro benzene ring substituents is 1. The Morgan fingerprint density at radius 1 is 1.45 bits per heavy atom. The molecule has 20 heavy (non-hydrogen) atoms. The fourth-order valence-electron chi connectivity index (χ4n) is 2.00. The Bertz CT molecular complexity index is 467. The Balaban J connectivity index is 0.00000361. The molecule has 0 heterocycles. The van der Waals surface area contributed by atoms with Crippen molar-refractivity contribution < 1.29 is 4.92 Å². The molecule has 1 aromatic carbocycles. The van der Waals surface area contributed by atoms with E-state index in [9.17, 15) is 10.1 Å². The first-order valence-corrected chi connectivity index (χ1v) is 6.44. The van der Waals surface area contributed by atoms with Gasteiger partial charge in [0.25, 0.3) is 5.69 Å².